The van der Waals surface area contributed by atoms with Gasteiger partial charge in [-0.25, -0.2) is 0 Å². The maximum absolute atomic E-state index is 11.6. The Balaban J connectivity index is 3.11. The molecule has 0 aliphatic rings. The Morgan fingerprint density at radius 2 is 2.30 bits per heavy atom. The maximum Gasteiger partial charge on any atom is 0.288 e. The highest BCUT2D eigenvalue weighted by molar-refractivity contribution is 6.32. The van der Waals surface area contributed by atoms with Gasteiger partial charge in [0.25, 0.3) is 11.6 Å². The minimum atomic E-state index is -0.635. The lowest BCUT2D eigenvalue weighted by molar-refractivity contribution is -0.384. The normalized spacial score (nSPS) is 10.5. The van der Waals surface area contributed by atoms with Crippen LogP contribution in [0.4, 0.5) is 5.69 Å². The molecule has 0 fully saturated rings. The maximum atomic E-state index is 11.6. The Bertz CT molecular complexity index is 632. The summed E-state index contributed by atoms with van der Waals surface area (Å²) < 4.78 is 0. The van der Waals surface area contributed by atoms with Crippen molar-refractivity contribution >= 4 is 29.3 Å². The number of halogens is 1. The van der Waals surface area contributed by atoms with Gasteiger partial charge < -0.3 is 5.32 Å². The fraction of sp³-hybridized carbons (Fsp3) is 0.0769. The predicted molar refractivity (Wildman–Crippen MR) is 74.9 cm³/mol. The Morgan fingerprint density at radius 3 is 2.85 bits per heavy atom. The molecular formula is C13H10ClN3O3. The number of carbonyl (C=O) groups is 1. The number of benzene rings is 1. The largest absolute Gasteiger partial charge is 0.348 e. The second-order valence-electron chi connectivity index (χ2n) is 3.64. The van der Waals surface area contributed by atoms with Crippen LogP contribution in [0.2, 0.25) is 5.02 Å². The summed E-state index contributed by atoms with van der Waals surface area (Å²) in [7, 11) is 0. The number of nitrogens with one attached hydrogen (secondary N) is 1. The second kappa shape index (κ2) is 7.07. The molecule has 1 amide bonds. The SMILES string of the molecule is C=CCNC(=O)/C(C#N)=C/c1ccc(Cl)c([N+](=O)[O-])c1. The van der Waals surface area contributed by atoms with Crippen molar-refractivity contribution in [2.45, 2.75) is 0 Å². The van der Waals surface area contributed by atoms with E-state index < -0.39 is 10.8 Å². The van der Waals surface area contributed by atoms with Gasteiger partial charge in [0.2, 0.25) is 0 Å². The highest BCUT2D eigenvalue weighted by Gasteiger charge is 2.13. The van der Waals surface area contributed by atoms with E-state index in [0.717, 1.165) is 0 Å². The molecule has 0 unspecified atom stereocenters. The number of carbonyl (C=O) groups excluding carboxylic acids is 1. The van der Waals surface area contributed by atoms with E-state index in [1.807, 2.05) is 0 Å². The van der Waals surface area contributed by atoms with E-state index in [4.69, 9.17) is 16.9 Å². The molecule has 1 aromatic rings. The molecule has 1 rings (SSSR count). The molecule has 1 N–H and O–H groups in total. The molecule has 0 radical (unpaired) electrons. The summed E-state index contributed by atoms with van der Waals surface area (Å²) in [5.74, 6) is -0.579. The quantitative estimate of drug-likeness (QED) is 0.296. The van der Waals surface area contributed by atoms with Crippen LogP contribution < -0.4 is 5.32 Å². The zero-order valence-electron chi connectivity index (χ0n) is 10.3. The second-order valence-corrected chi connectivity index (χ2v) is 4.04. The van der Waals surface area contributed by atoms with Gasteiger partial charge in [-0.3, -0.25) is 14.9 Å². The van der Waals surface area contributed by atoms with Crippen molar-refractivity contribution in [2.24, 2.45) is 0 Å². The molecule has 7 heteroatoms. The highest BCUT2D eigenvalue weighted by Crippen LogP contribution is 2.26. The molecule has 6 nitrogen and oxygen atoms in total. The van der Waals surface area contributed by atoms with Crippen LogP contribution in [-0.4, -0.2) is 17.4 Å². The van der Waals surface area contributed by atoms with Gasteiger partial charge in [-0.2, -0.15) is 5.26 Å². The molecule has 0 saturated heterocycles. The molecule has 1 aromatic carbocycles. The Labute approximate surface area is 120 Å². The van der Waals surface area contributed by atoms with E-state index in [0.29, 0.717) is 5.56 Å². The first-order valence-electron chi connectivity index (χ1n) is 5.44. The van der Waals surface area contributed by atoms with Gasteiger partial charge in [-0.05, 0) is 17.7 Å². The van der Waals surface area contributed by atoms with Crippen molar-refractivity contribution in [1.82, 2.24) is 5.32 Å². The molecule has 20 heavy (non-hydrogen) atoms. The third-order valence-corrected chi connectivity index (χ3v) is 2.57. The number of nitro benzene ring substituents is 1. The molecular weight excluding hydrogens is 282 g/mol. The Morgan fingerprint density at radius 1 is 1.60 bits per heavy atom. The smallest absolute Gasteiger partial charge is 0.288 e. The van der Waals surface area contributed by atoms with Crippen molar-refractivity contribution in [3.05, 3.63) is 57.1 Å². The summed E-state index contributed by atoms with van der Waals surface area (Å²) in [5.41, 5.74) is -0.112. The van der Waals surface area contributed by atoms with Gasteiger partial charge in [0, 0.05) is 12.6 Å². The third-order valence-electron chi connectivity index (χ3n) is 2.25. The molecule has 0 aliphatic carbocycles. The van der Waals surface area contributed by atoms with Crippen LogP contribution in [0.3, 0.4) is 0 Å². The van der Waals surface area contributed by atoms with Crippen LogP contribution in [0.25, 0.3) is 6.08 Å². The van der Waals surface area contributed by atoms with Gasteiger partial charge in [-0.1, -0.05) is 23.7 Å². The zero-order chi connectivity index (χ0) is 15.1. The van der Waals surface area contributed by atoms with E-state index in [2.05, 4.69) is 11.9 Å². The number of nitriles is 1. The summed E-state index contributed by atoms with van der Waals surface area (Å²) in [6.45, 7) is 3.66. The molecule has 102 valence electrons. The van der Waals surface area contributed by atoms with Gasteiger partial charge in [0.15, 0.2) is 0 Å². The Kier molecular flexibility index (Phi) is 5.44. The Hall–Kier alpha value is -2.65. The van der Waals surface area contributed by atoms with E-state index >= 15 is 0 Å². The van der Waals surface area contributed by atoms with Crippen LogP contribution in [0, 0.1) is 21.4 Å². The van der Waals surface area contributed by atoms with Crippen molar-refractivity contribution in [3.8, 4) is 6.07 Å². The number of nitro groups is 1. The molecule has 0 saturated carbocycles. The molecule has 0 atom stereocenters. The first-order chi connectivity index (χ1) is 9.49. The predicted octanol–water partition coefficient (Wildman–Crippen LogP) is 2.46. The first kappa shape index (κ1) is 15.4. The summed E-state index contributed by atoms with van der Waals surface area (Å²) in [4.78, 5) is 21.7. The monoisotopic (exact) mass is 291 g/mol. The minimum Gasteiger partial charge on any atom is -0.348 e. The fourth-order valence-electron chi connectivity index (χ4n) is 1.33. The van der Waals surface area contributed by atoms with Crippen molar-refractivity contribution in [1.29, 1.82) is 5.26 Å². The van der Waals surface area contributed by atoms with E-state index in [9.17, 15) is 14.9 Å². The zero-order valence-corrected chi connectivity index (χ0v) is 11.1. The first-order valence-corrected chi connectivity index (χ1v) is 5.82. The lowest BCUT2D eigenvalue weighted by Crippen LogP contribution is -2.24. The average molecular weight is 292 g/mol. The van der Waals surface area contributed by atoms with Crippen molar-refractivity contribution in [3.63, 3.8) is 0 Å². The number of nitrogens with zero attached hydrogens (tertiary/aromatic N) is 2. The summed E-state index contributed by atoms with van der Waals surface area (Å²) >= 11 is 5.67. The van der Waals surface area contributed by atoms with Gasteiger partial charge in [-0.15, -0.1) is 6.58 Å². The van der Waals surface area contributed by atoms with E-state index in [1.165, 1.54) is 30.4 Å². The molecule has 0 aliphatic heterocycles. The molecule has 0 bridgehead atoms. The summed E-state index contributed by atoms with van der Waals surface area (Å²) in [6, 6.07) is 5.74. The highest BCUT2D eigenvalue weighted by atomic mass is 35.5. The molecule has 0 spiro atoms. The lowest BCUT2D eigenvalue weighted by atomic mass is 10.1. The third kappa shape index (κ3) is 3.93. The number of rotatable bonds is 5. The number of amides is 1. The van der Waals surface area contributed by atoms with Gasteiger partial charge in [0.05, 0.1) is 4.92 Å². The minimum absolute atomic E-state index is 0.0123. The summed E-state index contributed by atoms with van der Waals surface area (Å²) in [6.07, 6.45) is 2.72. The number of hydrogen-bond donors (Lipinski definition) is 1. The molecule has 0 aromatic heterocycles. The van der Waals surface area contributed by atoms with E-state index in [-0.39, 0.29) is 22.8 Å². The molecule has 0 heterocycles. The van der Waals surface area contributed by atoms with Gasteiger partial charge in [0.1, 0.15) is 16.7 Å². The van der Waals surface area contributed by atoms with Gasteiger partial charge >= 0.3 is 0 Å². The van der Waals surface area contributed by atoms with Crippen molar-refractivity contribution in [2.75, 3.05) is 6.54 Å². The van der Waals surface area contributed by atoms with Crippen LogP contribution in [0.15, 0.2) is 36.4 Å². The van der Waals surface area contributed by atoms with Crippen LogP contribution in [0.1, 0.15) is 5.56 Å². The topological polar surface area (TPSA) is 96.0 Å². The average Bonchev–Trinajstić information content (AvgIpc) is 2.43. The summed E-state index contributed by atoms with van der Waals surface area (Å²) in [5, 5.41) is 22.1. The fourth-order valence-corrected chi connectivity index (χ4v) is 1.52. The standard InChI is InChI=1S/C13H10ClN3O3/c1-2-5-16-13(18)10(8-15)6-9-3-4-11(14)12(7-9)17(19)20/h2-4,6-7H,1,5H2,(H,16,18)/b10-6+. The van der Waals surface area contributed by atoms with Crippen LogP contribution in [0.5, 0.6) is 0 Å². The number of hydrogen-bond acceptors (Lipinski definition) is 4. The van der Waals surface area contributed by atoms with Crippen molar-refractivity contribution < 1.29 is 9.72 Å². The lowest BCUT2D eigenvalue weighted by Gasteiger charge is -2.01. The van der Waals surface area contributed by atoms with E-state index in [1.54, 1.807) is 6.07 Å². The van der Waals surface area contributed by atoms with Crippen LogP contribution >= 0.6 is 11.6 Å². The van der Waals surface area contributed by atoms with Crippen LogP contribution in [-0.2, 0) is 4.79 Å².